The Morgan fingerprint density at radius 1 is 1.17 bits per heavy atom. The topological polar surface area (TPSA) is 49.9 Å². The van der Waals surface area contributed by atoms with Crippen molar-refractivity contribution in [1.29, 1.82) is 5.41 Å². The molecule has 0 aliphatic heterocycles. The van der Waals surface area contributed by atoms with Crippen LogP contribution in [0, 0.1) is 11.2 Å². The van der Waals surface area contributed by atoms with Crippen LogP contribution >= 0.6 is 11.8 Å². The first kappa shape index (κ1) is 12.6. The maximum Gasteiger partial charge on any atom is 0.137 e. The third-order valence-electron chi connectivity index (χ3n) is 2.48. The van der Waals surface area contributed by atoms with Crippen molar-refractivity contribution < 1.29 is 4.39 Å². The number of nitrogens with two attached hydrogens (primary N) is 1. The molecule has 0 heterocycles. The van der Waals surface area contributed by atoms with Crippen LogP contribution in [-0.4, -0.2) is 5.84 Å². The van der Waals surface area contributed by atoms with Gasteiger partial charge in [0.2, 0.25) is 0 Å². The highest BCUT2D eigenvalue weighted by atomic mass is 32.2. The van der Waals surface area contributed by atoms with Crippen LogP contribution in [0.1, 0.15) is 11.1 Å². The minimum absolute atomic E-state index is 0.117. The summed E-state index contributed by atoms with van der Waals surface area (Å²) in [5.41, 5.74) is 6.87. The van der Waals surface area contributed by atoms with E-state index in [1.54, 1.807) is 12.1 Å². The van der Waals surface area contributed by atoms with E-state index in [9.17, 15) is 4.39 Å². The first-order valence-corrected chi connectivity index (χ1v) is 6.46. The largest absolute Gasteiger partial charge is 0.384 e. The molecule has 18 heavy (non-hydrogen) atoms. The standard InChI is InChI=1S/C14H13FN2S/c15-12-8-11(14(16)17)6-7-13(12)18-9-10-4-2-1-3-5-10/h1-8H,9H2,(H3,16,17). The predicted octanol–water partition coefficient (Wildman–Crippen LogP) is 3.40. The molecule has 4 heteroatoms. The fourth-order valence-electron chi connectivity index (χ4n) is 1.52. The van der Waals surface area contributed by atoms with E-state index in [4.69, 9.17) is 11.1 Å². The van der Waals surface area contributed by atoms with Crippen molar-refractivity contribution in [3.8, 4) is 0 Å². The van der Waals surface area contributed by atoms with Gasteiger partial charge in [-0.15, -0.1) is 11.8 Å². The first-order valence-electron chi connectivity index (χ1n) is 5.47. The second kappa shape index (κ2) is 5.69. The summed E-state index contributed by atoms with van der Waals surface area (Å²) in [5.74, 6) is 0.272. The zero-order chi connectivity index (χ0) is 13.0. The van der Waals surface area contributed by atoms with Gasteiger partial charge >= 0.3 is 0 Å². The lowest BCUT2D eigenvalue weighted by Crippen LogP contribution is -2.11. The molecule has 0 fully saturated rings. The van der Waals surface area contributed by atoms with Gasteiger partial charge in [-0.1, -0.05) is 30.3 Å². The second-order valence-corrected chi connectivity index (χ2v) is 4.85. The third kappa shape index (κ3) is 3.11. The number of rotatable bonds is 4. The Morgan fingerprint density at radius 3 is 2.50 bits per heavy atom. The molecule has 92 valence electrons. The Balaban J connectivity index is 2.08. The summed E-state index contributed by atoms with van der Waals surface area (Å²) in [7, 11) is 0. The molecule has 0 atom stereocenters. The molecule has 2 nitrogen and oxygen atoms in total. The molecule has 0 bridgehead atoms. The van der Waals surface area contributed by atoms with Crippen molar-refractivity contribution in [2.75, 3.05) is 0 Å². The number of benzene rings is 2. The van der Waals surface area contributed by atoms with Crippen molar-refractivity contribution in [2.24, 2.45) is 5.73 Å². The molecule has 0 saturated heterocycles. The van der Waals surface area contributed by atoms with Gasteiger partial charge in [-0.25, -0.2) is 4.39 Å². The average molecular weight is 260 g/mol. The normalized spacial score (nSPS) is 10.3. The molecule has 0 saturated carbocycles. The van der Waals surface area contributed by atoms with Crippen LogP contribution in [0.3, 0.4) is 0 Å². The highest BCUT2D eigenvalue weighted by molar-refractivity contribution is 7.98. The Hall–Kier alpha value is -1.81. The molecule has 0 amide bonds. The molecule has 0 aliphatic rings. The number of nitrogens with one attached hydrogen (secondary N) is 1. The smallest absolute Gasteiger partial charge is 0.137 e. The van der Waals surface area contributed by atoms with Gasteiger partial charge in [0.15, 0.2) is 0 Å². The minimum atomic E-state index is -0.330. The van der Waals surface area contributed by atoms with Crippen molar-refractivity contribution in [2.45, 2.75) is 10.6 Å². The molecule has 2 aromatic rings. The minimum Gasteiger partial charge on any atom is -0.384 e. The molecule has 3 N–H and O–H groups in total. The predicted molar refractivity (Wildman–Crippen MR) is 73.4 cm³/mol. The number of thioether (sulfide) groups is 1. The molecule has 0 spiro atoms. The zero-order valence-electron chi connectivity index (χ0n) is 9.69. The van der Waals surface area contributed by atoms with Gasteiger partial charge in [0.05, 0.1) is 0 Å². The van der Waals surface area contributed by atoms with Crippen molar-refractivity contribution in [1.82, 2.24) is 0 Å². The van der Waals surface area contributed by atoms with Crippen LogP contribution < -0.4 is 5.73 Å². The van der Waals surface area contributed by atoms with E-state index in [1.165, 1.54) is 17.8 Å². The summed E-state index contributed by atoms with van der Waals surface area (Å²) in [5, 5.41) is 7.24. The van der Waals surface area contributed by atoms with Crippen LogP contribution in [0.5, 0.6) is 0 Å². The fourth-order valence-corrected chi connectivity index (χ4v) is 2.40. The van der Waals surface area contributed by atoms with Crippen molar-refractivity contribution in [3.05, 3.63) is 65.5 Å². The van der Waals surface area contributed by atoms with Gasteiger partial charge in [-0.05, 0) is 23.8 Å². The first-order chi connectivity index (χ1) is 8.66. The van der Waals surface area contributed by atoms with Gasteiger partial charge in [-0.2, -0.15) is 0 Å². The molecular weight excluding hydrogens is 247 g/mol. The van der Waals surface area contributed by atoms with Crippen LogP contribution in [0.4, 0.5) is 4.39 Å². The highest BCUT2D eigenvalue weighted by Gasteiger charge is 2.06. The Bertz CT molecular complexity index is 555. The van der Waals surface area contributed by atoms with Crippen molar-refractivity contribution in [3.63, 3.8) is 0 Å². The summed E-state index contributed by atoms with van der Waals surface area (Å²) in [6.45, 7) is 0. The van der Waals surface area contributed by atoms with Gasteiger partial charge < -0.3 is 5.73 Å². The summed E-state index contributed by atoms with van der Waals surface area (Å²) in [6.07, 6.45) is 0. The third-order valence-corrected chi connectivity index (χ3v) is 3.60. The Labute approximate surface area is 110 Å². The van der Waals surface area contributed by atoms with E-state index in [0.29, 0.717) is 10.5 Å². The molecular formula is C14H13FN2S. The molecule has 2 rings (SSSR count). The van der Waals surface area contributed by atoms with Crippen molar-refractivity contribution >= 4 is 17.6 Å². The van der Waals surface area contributed by atoms with Crippen LogP contribution in [-0.2, 0) is 5.75 Å². The highest BCUT2D eigenvalue weighted by Crippen LogP contribution is 2.26. The Kier molecular flexibility index (Phi) is 3.99. The van der Waals surface area contributed by atoms with E-state index < -0.39 is 0 Å². The van der Waals surface area contributed by atoms with Crippen LogP contribution in [0.25, 0.3) is 0 Å². The van der Waals surface area contributed by atoms with E-state index in [-0.39, 0.29) is 11.7 Å². The molecule has 0 unspecified atom stereocenters. The number of hydrogen-bond acceptors (Lipinski definition) is 2. The summed E-state index contributed by atoms with van der Waals surface area (Å²) in [6, 6.07) is 14.5. The second-order valence-electron chi connectivity index (χ2n) is 3.83. The van der Waals surface area contributed by atoms with Crippen LogP contribution in [0.15, 0.2) is 53.4 Å². The fraction of sp³-hybridized carbons (Fsp3) is 0.0714. The molecule has 2 aromatic carbocycles. The number of halogens is 1. The summed E-state index contributed by atoms with van der Waals surface area (Å²) < 4.78 is 13.7. The van der Waals surface area contributed by atoms with E-state index >= 15 is 0 Å². The number of nitrogen functional groups attached to an aromatic ring is 1. The maximum absolute atomic E-state index is 13.7. The lowest BCUT2D eigenvalue weighted by Gasteiger charge is -2.05. The average Bonchev–Trinajstić information content (AvgIpc) is 2.38. The van der Waals surface area contributed by atoms with E-state index in [0.717, 1.165) is 11.3 Å². The van der Waals surface area contributed by atoms with Gasteiger partial charge in [-0.3, -0.25) is 5.41 Å². The molecule has 0 aromatic heterocycles. The van der Waals surface area contributed by atoms with E-state index in [1.807, 2.05) is 30.3 Å². The summed E-state index contributed by atoms with van der Waals surface area (Å²) >= 11 is 1.43. The SMILES string of the molecule is N=C(N)c1ccc(SCc2ccccc2)c(F)c1. The summed E-state index contributed by atoms with van der Waals surface area (Å²) in [4.78, 5) is 0.573. The lowest BCUT2D eigenvalue weighted by molar-refractivity contribution is 0.601. The van der Waals surface area contributed by atoms with E-state index in [2.05, 4.69) is 0 Å². The van der Waals surface area contributed by atoms with Gasteiger partial charge in [0.25, 0.3) is 0 Å². The maximum atomic E-state index is 13.7. The monoisotopic (exact) mass is 260 g/mol. The van der Waals surface area contributed by atoms with Gasteiger partial charge in [0.1, 0.15) is 11.7 Å². The lowest BCUT2D eigenvalue weighted by atomic mass is 10.2. The zero-order valence-corrected chi connectivity index (χ0v) is 10.5. The number of amidine groups is 1. The Morgan fingerprint density at radius 2 is 1.89 bits per heavy atom. The van der Waals surface area contributed by atoms with Crippen LogP contribution in [0.2, 0.25) is 0 Å². The van der Waals surface area contributed by atoms with Gasteiger partial charge in [0, 0.05) is 16.2 Å². The molecule has 0 aliphatic carbocycles. The quantitative estimate of drug-likeness (QED) is 0.503. The molecule has 0 radical (unpaired) electrons. The number of hydrogen-bond donors (Lipinski definition) is 2.